The Morgan fingerprint density at radius 1 is 1.20 bits per heavy atom. The van der Waals surface area contributed by atoms with Crippen molar-refractivity contribution in [1.29, 1.82) is 0 Å². The molecule has 0 radical (unpaired) electrons. The molecule has 0 unspecified atom stereocenters. The van der Waals surface area contributed by atoms with Crippen LogP contribution in [0.1, 0.15) is 17.5 Å². The number of aryl methyl sites for hydroxylation is 2. The number of carbonyl (C=O) groups excluding carboxylic acids is 1. The Kier molecular flexibility index (Phi) is 5.21. The number of halogens is 2. The molecule has 0 saturated heterocycles. The Balaban J connectivity index is 1.90. The topological polar surface area (TPSA) is 29.1 Å². The van der Waals surface area contributed by atoms with Gasteiger partial charge in [0.25, 0.3) is 0 Å². The van der Waals surface area contributed by atoms with Crippen molar-refractivity contribution in [1.82, 2.24) is 0 Å². The van der Waals surface area contributed by atoms with Crippen LogP contribution in [0.25, 0.3) is 0 Å². The Morgan fingerprint density at radius 3 is 2.55 bits per heavy atom. The smallest absolute Gasteiger partial charge is 0.224 e. The van der Waals surface area contributed by atoms with Crippen molar-refractivity contribution in [3.05, 3.63) is 63.1 Å². The molecule has 4 heteroatoms. The van der Waals surface area contributed by atoms with Crippen LogP contribution in [0.5, 0.6) is 0 Å². The molecule has 1 amide bonds. The van der Waals surface area contributed by atoms with Crippen LogP contribution in [0.4, 0.5) is 5.69 Å². The Bertz CT molecular complexity index is 610. The third-order valence-electron chi connectivity index (χ3n) is 2.97. The van der Waals surface area contributed by atoms with E-state index < -0.39 is 0 Å². The molecule has 0 spiro atoms. The quantitative estimate of drug-likeness (QED) is 0.826. The first-order valence-corrected chi connectivity index (χ1v) is 7.52. The minimum Gasteiger partial charge on any atom is -0.325 e. The summed E-state index contributed by atoms with van der Waals surface area (Å²) in [5, 5.41) is 3.36. The van der Waals surface area contributed by atoms with Crippen LogP contribution in [-0.2, 0) is 11.2 Å². The molecule has 20 heavy (non-hydrogen) atoms. The van der Waals surface area contributed by atoms with Crippen molar-refractivity contribution in [3.8, 4) is 0 Å². The lowest BCUT2D eigenvalue weighted by atomic mass is 10.1. The van der Waals surface area contributed by atoms with Gasteiger partial charge in [0.05, 0.1) is 10.7 Å². The highest BCUT2D eigenvalue weighted by atomic mass is 79.9. The zero-order valence-electron chi connectivity index (χ0n) is 11.1. The molecule has 0 atom stereocenters. The second kappa shape index (κ2) is 6.91. The molecule has 0 aromatic heterocycles. The monoisotopic (exact) mass is 351 g/mol. The second-order valence-electron chi connectivity index (χ2n) is 4.66. The van der Waals surface area contributed by atoms with Gasteiger partial charge in [0.2, 0.25) is 5.91 Å². The predicted molar refractivity (Wildman–Crippen MR) is 87.3 cm³/mol. The standard InChI is InChI=1S/C16H15BrClNO/c1-11-2-4-12(5-3-11)6-9-16(20)19-15-8-7-13(17)10-14(15)18/h2-5,7-8,10H,6,9H2,1H3,(H,19,20). The van der Waals surface area contributed by atoms with Gasteiger partial charge in [0.15, 0.2) is 0 Å². The number of nitrogens with one attached hydrogen (secondary N) is 1. The van der Waals surface area contributed by atoms with E-state index in [1.807, 2.05) is 13.0 Å². The Hall–Kier alpha value is -1.32. The van der Waals surface area contributed by atoms with E-state index in [1.54, 1.807) is 12.1 Å². The third-order valence-corrected chi connectivity index (χ3v) is 3.77. The van der Waals surface area contributed by atoms with E-state index in [1.165, 1.54) is 5.56 Å². The molecule has 2 aromatic carbocycles. The SMILES string of the molecule is Cc1ccc(CCC(=O)Nc2ccc(Br)cc2Cl)cc1. The van der Waals surface area contributed by atoms with E-state index >= 15 is 0 Å². The zero-order valence-corrected chi connectivity index (χ0v) is 13.5. The summed E-state index contributed by atoms with van der Waals surface area (Å²) < 4.78 is 0.889. The average Bonchev–Trinajstić information content (AvgIpc) is 2.41. The summed E-state index contributed by atoms with van der Waals surface area (Å²) in [7, 11) is 0. The highest BCUT2D eigenvalue weighted by Gasteiger charge is 2.06. The largest absolute Gasteiger partial charge is 0.325 e. The van der Waals surface area contributed by atoms with Gasteiger partial charge in [-0.15, -0.1) is 0 Å². The molecule has 0 fully saturated rings. The fourth-order valence-corrected chi connectivity index (χ4v) is 2.54. The Labute approximate surface area is 132 Å². The minimum absolute atomic E-state index is 0.0326. The maximum atomic E-state index is 11.9. The van der Waals surface area contributed by atoms with Crippen molar-refractivity contribution >= 4 is 39.1 Å². The van der Waals surface area contributed by atoms with Crippen molar-refractivity contribution < 1.29 is 4.79 Å². The van der Waals surface area contributed by atoms with E-state index in [9.17, 15) is 4.79 Å². The molecule has 2 aromatic rings. The van der Waals surface area contributed by atoms with Gasteiger partial charge in [0.1, 0.15) is 0 Å². The van der Waals surface area contributed by atoms with Crippen molar-refractivity contribution in [2.75, 3.05) is 5.32 Å². The summed E-state index contributed by atoms with van der Waals surface area (Å²) in [6, 6.07) is 13.6. The third kappa shape index (κ3) is 4.36. The first kappa shape index (κ1) is 15.1. The Morgan fingerprint density at radius 2 is 1.90 bits per heavy atom. The molecule has 0 heterocycles. The fraction of sp³-hybridized carbons (Fsp3) is 0.188. The van der Waals surface area contributed by atoms with Crippen LogP contribution < -0.4 is 5.32 Å². The maximum absolute atomic E-state index is 11.9. The molecule has 0 bridgehead atoms. The maximum Gasteiger partial charge on any atom is 0.224 e. The van der Waals surface area contributed by atoms with Gasteiger partial charge in [-0.25, -0.2) is 0 Å². The van der Waals surface area contributed by atoms with E-state index in [0.29, 0.717) is 17.1 Å². The van der Waals surface area contributed by atoms with Gasteiger partial charge in [-0.2, -0.15) is 0 Å². The number of rotatable bonds is 4. The predicted octanol–water partition coefficient (Wildman–Crippen LogP) is 4.98. The van der Waals surface area contributed by atoms with E-state index in [0.717, 1.165) is 16.5 Å². The second-order valence-corrected chi connectivity index (χ2v) is 5.98. The fourth-order valence-electron chi connectivity index (χ4n) is 1.82. The summed E-state index contributed by atoms with van der Waals surface area (Å²) >= 11 is 9.40. The molecule has 0 aliphatic rings. The molecular weight excluding hydrogens is 338 g/mol. The lowest BCUT2D eigenvalue weighted by Gasteiger charge is -2.07. The molecule has 0 saturated carbocycles. The van der Waals surface area contributed by atoms with Crippen LogP contribution in [0, 0.1) is 6.92 Å². The van der Waals surface area contributed by atoms with Gasteiger partial charge in [-0.3, -0.25) is 4.79 Å². The van der Waals surface area contributed by atoms with Gasteiger partial charge in [0, 0.05) is 10.9 Å². The van der Waals surface area contributed by atoms with Gasteiger partial charge >= 0.3 is 0 Å². The molecule has 2 rings (SSSR count). The average molecular weight is 353 g/mol. The van der Waals surface area contributed by atoms with Gasteiger partial charge < -0.3 is 5.32 Å². The molecule has 1 N–H and O–H groups in total. The molecule has 2 nitrogen and oxygen atoms in total. The summed E-state index contributed by atoms with van der Waals surface area (Å²) in [5.74, 6) is -0.0326. The van der Waals surface area contributed by atoms with Crippen LogP contribution in [0.2, 0.25) is 5.02 Å². The van der Waals surface area contributed by atoms with Crippen LogP contribution in [-0.4, -0.2) is 5.91 Å². The van der Waals surface area contributed by atoms with Gasteiger partial charge in [-0.1, -0.05) is 57.4 Å². The molecule has 0 aliphatic heterocycles. The lowest BCUT2D eigenvalue weighted by Crippen LogP contribution is -2.12. The first-order valence-electron chi connectivity index (χ1n) is 6.35. The molecular formula is C16H15BrClNO. The van der Waals surface area contributed by atoms with Crippen LogP contribution >= 0.6 is 27.5 Å². The van der Waals surface area contributed by atoms with E-state index in [4.69, 9.17) is 11.6 Å². The van der Waals surface area contributed by atoms with Crippen molar-refractivity contribution in [3.63, 3.8) is 0 Å². The van der Waals surface area contributed by atoms with Crippen molar-refractivity contribution in [2.45, 2.75) is 19.8 Å². The number of hydrogen-bond acceptors (Lipinski definition) is 1. The van der Waals surface area contributed by atoms with Gasteiger partial charge in [-0.05, 0) is 37.1 Å². The number of anilines is 1. The number of amides is 1. The summed E-state index contributed by atoms with van der Waals surface area (Å²) in [6.07, 6.45) is 1.16. The van der Waals surface area contributed by atoms with E-state index in [2.05, 4.69) is 45.5 Å². The first-order chi connectivity index (χ1) is 9.54. The number of benzene rings is 2. The number of carbonyl (C=O) groups is 1. The van der Waals surface area contributed by atoms with Crippen LogP contribution in [0.3, 0.4) is 0 Å². The minimum atomic E-state index is -0.0326. The number of hydrogen-bond donors (Lipinski definition) is 1. The lowest BCUT2D eigenvalue weighted by molar-refractivity contribution is -0.116. The zero-order chi connectivity index (χ0) is 14.5. The highest BCUT2D eigenvalue weighted by Crippen LogP contribution is 2.25. The van der Waals surface area contributed by atoms with Crippen LogP contribution in [0.15, 0.2) is 46.9 Å². The summed E-state index contributed by atoms with van der Waals surface area (Å²) in [4.78, 5) is 11.9. The molecule has 0 aliphatic carbocycles. The van der Waals surface area contributed by atoms with Crippen molar-refractivity contribution in [2.24, 2.45) is 0 Å². The highest BCUT2D eigenvalue weighted by molar-refractivity contribution is 9.10. The van der Waals surface area contributed by atoms with E-state index in [-0.39, 0.29) is 5.91 Å². The molecule has 104 valence electrons. The summed E-state index contributed by atoms with van der Waals surface area (Å²) in [6.45, 7) is 2.05. The normalized spacial score (nSPS) is 10.3. The summed E-state index contributed by atoms with van der Waals surface area (Å²) in [5.41, 5.74) is 3.02.